The molecule has 3 nitrogen and oxygen atoms in total. The summed E-state index contributed by atoms with van der Waals surface area (Å²) in [6.45, 7) is 1.76. The van der Waals surface area contributed by atoms with Gasteiger partial charge in [0.25, 0.3) is 0 Å². The average Bonchev–Trinajstić information content (AvgIpc) is 3.02. The zero-order chi connectivity index (χ0) is 15.8. The molecular weight excluding hydrogens is 296 g/mol. The van der Waals surface area contributed by atoms with E-state index in [4.69, 9.17) is 0 Å². The number of fused-ring (bicyclic) bond motifs is 1. The number of nitrogens with zero attached hydrogens (tertiary/aromatic N) is 1. The van der Waals surface area contributed by atoms with Crippen molar-refractivity contribution >= 4 is 16.6 Å². The Kier molecular flexibility index (Phi) is 3.42. The van der Waals surface area contributed by atoms with E-state index in [1.807, 2.05) is 6.07 Å². The summed E-state index contributed by atoms with van der Waals surface area (Å²) in [6.07, 6.45) is 4.77. The van der Waals surface area contributed by atoms with Gasteiger partial charge in [-0.15, -0.1) is 0 Å². The van der Waals surface area contributed by atoms with Crippen molar-refractivity contribution in [1.29, 1.82) is 0 Å². The number of rotatable bonds is 2. The van der Waals surface area contributed by atoms with Crippen molar-refractivity contribution in [2.45, 2.75) is 6.42 Å². The topological polar surface area (TPSA) is 40.7 Å². The molecule has 0 radical (unpaired) electrons. The van der Waals surface area contributed by atoms with E-state index >= 15 is 0 Å². The fourth-order valence-electron chi connectivity index (χ4n) is 3.00. The van der Waals surface area contributed by atoms with Gasteiger partial charge in [0.2, 0.25) is 0 Å². The number of aromatic amines is 1. The van der Waals surface area contributed by atoms with Crippen molar-refractivity contribution in [2.24, 2.45) is 0 Å². The number of hydrogen-bond donors (Lipinski definition) is 2. The van der Waals surface area contributed by atoms with Crippen LogP contribution in [0.4, 0.5) is 8.78 Å². The number of pyridine rings is 1. The SMILES string of the molecule is Fc1cccc(-c2ccnc3[nH]c(C4=CCCNC4)cc23)c1F. The summed E-state index contributed by atoms with van der Waals surface area (Å²) in [4.78, 5) is 7.59. The summed E-state index contributed by atoms with van der Waals surface area (Å²) in [5.74, 6) is -1.68. The van der Waals surface area contributed by atoms with Gasteiger partial charge in [-0.2, -0.15) is 0 Å². The average molecular weight is 311 g/mol. The third kappa shape index (κ3) is 2.43. The lowest BCUT2D eigenvalue weighted by Gasteiger charge is -2.12. The predicted molar refractivity (Wildman–Crippen MR) is 86.9 cm³/mol. The van der Waals surface area contributed by atoms with E-state index in [1.165, 1.54) is 11.6 Å². The maximum atomic E-state index is 14.1. The number of halogens is 2. The first-order chi connectivity index (χ1) is 11.2. The third-order valence-electron chi connectivity index (χ3n) is 4.15. The highest BCUT2D eigenvalue weighted by Crippen LogP contribution is 2.32. The van der Waals surface area contributed by atoms with Gasteiger partial charge in [0.1, 0.15) is 5.65 Å². The first-order valence-corrected chi connectivity index (χ1v) is 7.56. The summed E-state index contributed by atoms with van der Waals surface area (Å²) in [6, 6.07) is 7.90. The molecule has 0 aliphatic carbocycles. The van der Waals surface area contributed by atoms with Crippen molar-refractivity contribution in [2.75, 3.05) is 13.1 Å². The van der Waals surface area contributed by atoms with E-state index < -0.39 is 11.6 Å². The van der Waals surface area contributed by atoms with E-state index in [-0.39, 0.29) is 5.56 Å². The molecule has 0 saturated heterocycles. The minimum absolute atomic E-state index is 0.249. The van der Waals surface area contributed by atoms with E-state index in [0.29, 0.717) is 11.2 Å². The molecule has 1 aliphatic rings. The van der Waals surface area contributed by atoms with Crippen molar-refractivity contribution < 1.29 is 8.78 Å². The summed E-state index contributed by atoms with van der Waals surface area (Å²) in [5, 5.41) is 4.11. The number of aromatic nitrogens is 2. The van der Waals surface area contributed by atoms with Crippen LogP contribution in [0.2, 0.25) is 0 Å². The smallest absolute Gasteiger partial charge is 0.166 e. The Morgan fingerprint density at radius 1 is 1.09 bits per heavy atom. The van der Waals surface area contributed by atoms with Gasteiger partial charge in [-0.05, 0) is 42.3 Å². The molecule has 4 rings (SSSR count). The first kappa shape index (κ1) is 14.1. The van der Waals surface area contributed by atoms with Gasteiger partial charge in [0.05, 0.1) is 0 Å². The fourth-order valence-corrected chi connectivity index (χ4v) is 3.00. The van der Waals surface area contributed by atoms with Crippen LogP contribution >= 0.6 is 0 Å². The molecule has 2 aromatic heterocycles. The van der Waals surface area contributed by atoms with E-state index in [2.05, 4.69) is 21.4 Å². The first-order valence-electron chi connectivity index (χ1n) is 7.56. The molecule has 1 aliphatic heterocycles. The summed E-state index contributed by atoms with van der Waals surface area (Å²) >= 11 is 0. The van der Waals surface area contributed by atoms with E-state index in [9.17, 15) is 8.78 Å². The Bertz CT molecular complexity index is 912. The highest BCUT2D eigenvalue weighted by atomic mass is 19.2. The zero-order valence-electron chi connectivity index (χ0n) is 12.4. The van der Waals surface area contributed by atoms with Gasteiger partial charge < -0.3 is 10.3 Å². The molecule has 0 spiro atoms. The van der Waals surface area contributed by atoms with Gasteiger partial charge in [-0.1, -0.05) is 18.2 Å². The van der Waals surface area contributed by atoms with Crippen LogP contribution < -0.4 is 5.32 Å². The third-order valence-corrected chi connectivity index (χ3v) is 4.15. The minimum Gasteiger partial charge on any atom is -0.339 e. The molecule has 0 amide bonds. The molecule has 116 valence electrons. The lowest BCUT2D eigenvalue weighted by Crippen LogP contribution is -2.21. The van der Waals surface area contributed by atoms with Crippen molar-refractivity contribution in [3.8, 4) is 11.1 Å². The maximum Gasteiger partial charge on any atom is 0.166 e. The molecule has 5 heteroatoms. The Labute approximate surface area is 132 Å². The van der Waals surface area contributed by atoms with E-state index in [1.54, 1.807) is 18.3 Å². The van der Waals surface area contributed by atoms with Crippen molar-refractivity contribution in [3.63, 3.8) is 0 Å². The molecule has 23 heavy (non-hydrogen) atoms. The van der Waals surface area contributed by atoms with Gasteiger partial charge in [-0.3, -0.25) is 0 Å². The molecule has 0 unspecified atom stereocenters. The molecular formula is C18H15F2N3. The molecule has 0 atom stereocenters. The number of H-pyrrole nitrogens is 1. The number of nitrogens with one attached hydrogen (secondary N) is 2. The highest BCUT2D eigenvalue weighted by Gasteiger charge is 2.16. The van der Waals surface area contributed by atoms with Crippen LogP contribution in [0.25, 0.3) is 27.7 Å². The molecule has 1 aromatic carbocycles. The van der Waals surface area contributed by atoms with Gasteiger partial charge >= 0.3 is 0 Å². The second-order valence-electron chi connectivity index (χ2n) is 5.60. The Morgan fingerprint density at radius 3 is 2.83 bits per heavy atom. The predicted octanol–water partition coefficient (Wildman–Crippen LogP) is 3.88. The second-order valence-corrected chi connectivity index (χ2v) is 5.60. The Balaban J connectivity index is 1.89. The highest BCUT2D eigenvalue weighted by molar-refractivity contribution is 5.95. The summed E-state index contributed by atoms with van der Waals surface area (Å²) in [7, 11) is 0. The van der Waals surface area contributed by atoms with Crippen LogP contribution in [0.15, 0.2) is 42.6 Å². The number of hydrogen-bond acceptors (Lipinski definition) is 2. The molecule has 2 N–H and O–H groups in total. The van der Waals surface area contributed by atoms with Gasteiger partial charge in [-0.25, -0.2) is 13.8 Å². The standard InChI is InChI=1S/C18H15F2N3/c19-15-5-1-4-13(17(15)20)12-6-8-22-18-14(12)9-16(23-18)11-3-2-7-21-10-11/h1,3-6,8-9,21H,2,7,10H2,(H,22,23). The summed E-state index contributed by atoms with van der Waals surface area (Å²) < 4.78 is 27.7. The molecule has 3 heterocycles. The van der Waals surface area contributed by atoms with Crippen LogP contribution in [0.3, 0.4) is 0 Å². The molecule has 0 bridgehead atoms. The largest absolute Gasteiger partial charge is 0.339 e. The van der Waals surface area contributed by atoms with Crippen molar-refractivity contribution in [1.82, 2.24) is 15.3 Å². The lowest BCUT2D eigenvalue weighted by atomic mass is 10.0. The Hall–Kier alpha value is -2.53. The van der Waals surface area contributed by atoms with Crippen molar-refractivity contribution in [3.05, 3.63) is 59.9 Å². The van der Waals surface area contributed by atoms with E-state index in [0.717, 1.165) is 36.7 Å². The number of benzene rings is 1. The van der Waals surface area contributed by atoms with Gasteiger partial charge in [0.15, 0.2) is 11.6 Å². The normalized spacial score (nSPS) is 15.0. The van der Waals surface area contributed by atoms with Gasteiger partial charge in [0, 0.05) is 29.4 Å². The van der Waals surface area contributed by atoms with Crippen LogP contribution in [0.1, 0.15) is 12.1 Å². The minimum atomic E-state index is -0.845. The van der Waals surface area contributed by atoms with Crippen LogP contribution in [-0.4, -0.2) is 23.1 Å². The van der Waals surface area contributed by atoms with Crippen LogP contribution in [0.5, 0.6) is 0 Å². The quantitative estimate of drug-likeness (QED) is 0.754. The lowest BCUT2D eigenvalue weighted by molar-refractivity contribution is 0.511. The molecule has 0 saturated carbocycles. The molecule has 0 fully saturated rings. The monoisotopic (exact) mass is 311 g/mol. The fraction of sp³-hybridized carbons (Fsp3) is 0.167. The zero-order valence-corrected chi connectivity index (χ0v) is 12.4. The van der Waals surface area contributed by atoms with Crippen LogP contribution in [-0.2, 0) is 0 Å². The Morgan fingerprint density at radius 2 is 2.00 bits per heavy atom. The molecule has 3 aromatic rings. The second kappa shape index (κ2) is 5.59. The van der Waals surface area contributed by atoms with Crippen LogP contribution in [0, 0.1) is 11.6 Å². The summed E-state index contributed by atoms with van der Waals surface area (Å²) in [5.41, 5.74) is 3.69. The maximum absolute atomic E-state index is 14.1.